The maximum Gasteiger partial charge on any atom is 0.335 e. The molecule has 1 amide bonds. The summed E-state index contributed by atoms with van der Waals surface area (Å²) in [6.45, 7) is 5.95. The van der Waals surface area contributed by atoms with Gasteiger partial charge in [0.2, 0.25) is 0 Å². The second kappa shape index (κ2) is 15.5. The van der Waals surface area contributed by atoms with Gasteiger partial charge in [0.1, 0.15) is 23.4 Å². The van der Waals surface area contributed by atoms with Crippen LogP contribution in [0.1, 0.15) is 64.1 Å². The van der Waals surface area contributed by atoms with Crippen molar-refractivity contribution in [3.63, 3.8) is 0 Å². The Hall–Kier alpha value is -3.76. The Morgan fingerprint density at radius 3 is 2.14 bits per heavy atom. The second-order valence-corrected chi connectivity index (χ2v) is 11.0. The van der Waals surface area contributed by atoms with E-state index in [2.05, 4.69) is 9.88 Å². The molecule has 3 aromatic rings. The van der Waals surface area contributed by atoms with Crippen LogP contribution in [0.5, 0.6) is 5.75 Å². The number of likely N-dealkylation sites (tertiary alicyclic amines) is 2. The van der Waals surface area contributed by atoms with Gasteiger partial charge in [-0.05, 0) is 80.7 Å². The van der Waals surface area contributed by atoms with Crippen molar-refractivity contribution in [3.8, 4) is 5.75 Å². The van der Waals surface area contributed by atoms with E-state index >= 15 is 0 Å². The van der Waals surface area contributed by atoms with Gasteiger partial charge in [-0.2, -0.15) is 8.42 Å². The third-order valence-electron chi connectivity index (χ3n) is 7.86. The highest BCUT2D eigenvalue weighted by Crippen LogP contribution is 2.24. The highest BCUT2D eigenvalue weighted by atomic mass is 32.1. The molecule has 1 aromatic heterocycles. The van der Waals surface area contributed by atoms with Crippen molar-refractivity contribution in [2.75, 3.05) is 26.2 Å². The number of rotatable bonds is 8. The maximum absolute atomic E-state index is 13.1. The zero-order valence-corrected chi connectivity index (χ0v) is 24.6. The van der Waals surface area contributed by atoms with Crippen LogP contribution < -0.4 is 4.74 Å². The first kappa shape index (κ1) is 31.2. The van der Waals surface area contributed by atoms with Crippen molar-refractivity contribution in [3.05, 3.63) is 95.1 Å². The van der Waals surface area contributed by atoms with Crippen molar-refractivity contribution in [1.82, 2.24) is 14.8 Å². The summed E-state index contributed by atoms with van der Waals surface area (Å²) in [6, 6.07) is 18.1. The fourth-order valence-corrected chi connectivity index (χ4v) is 5.41. The number of carbonyl (C=O) groups excluding carboxylic acids is 2. The first-order valence-corrected chi connectivity index (χ1v) is 14.9. The van der Waals surface area contributed by atoms with Crippen molar-refractivity contribution in [2.45, 2.75) is 51.7 Å². The number of nitrogens with zero attached hydrogens (tertiary/aromatic N) is 3. The molecule has 0 saturated carbocycles. The molecule has 8 nitrogen and oxygen atoms in total. The molecule has 0 spiro atoms. The number of amides is 1. The van der Waals surface area contributed by atoms with E-state index in [-0.39, 0.29) is 23.6 Å². The molecular formula is C32H36FN3O5S. The number of pyridine rings is 1. The lowest BCUT2D eigenvalue weighted by molar-refractivity contribution is 0.0589. The van der Waals surface area contributed by atoms with Crippen LogP contribution in [0.15, 0.2) is 66.9 Å². The Morgan fingerprint density at radius 1 is 0.905 bits per heavy atom. The summed E-state index contributed by atoms with van der Waals surface area (Å²) >= 11 is -0.750. The van der Waals surface area contributed by atoms with Gasteiger partial charge < -0.3 is 9.64 Å². The van der Waals surface area contributed by atoms with Crippen molar-refractivity contribution >= 4 is 23.3 Å². The summed E-state index contributed by atoms with van der Waals surface area (Å²) in [7, 11) is 0. The number of ketones is 1. The molecule has 2 fully saturated rings. The summed E-state index contributed by atoms with van der Waals surface area (Å²) in [4.78, 5) is 34.4. The Labute approximate surface area is 249 Å². The lowest BCUT2D eigenvalue weighted by atomic mass is 9.90. The van der Waals surface area contributed by atoms with Gasteiger partial charge in [0, 0.05) is 50.7 Å². The number of hydrogen-bond donors (Lipinski definition) is 0. The van der Waals surface area contributed by atoms with Crippen LogP contribution in [0.25, 0.3) is 0 Å². The topological polar surface area (TPSA) is 96.9 Å². The molecule has 222 valence electrons. The third-order valence-corrected chi connectivity index (χ3v) is 7.86. The van der Waals surface area contributed by atoms with Gasteiger partial charge in [0.15, 0.2) is 5.78 Å². The van der Waals surface area contributed by atoms with Crippen LogP contribution in [0, 0.1) is 18.7 Å². The van der Waals surface area contributed by atoms with Crippen molar-refractivity contribution in [2.24, 2.45) is 5.92 Å². The Morgan fingerprint density at radius 2 is 1.55 bits per heavy atom. The first-order valence-electron chi connectivity index (χ1n) is 14.2. The van der Waals surface area contributed by atoms with E-state index in [1.165, 1.54) is 17.7 Å². The van der Waals surface area contributed by atoms with Crippen molar-refractivity contribution in [1.29, 1.82) is 0 Å². The summed E-state index contributed by atoms with van der Waals surface area (Å²) in [5.74, 6) is 0.964. The van der Waals surface area contributed by atoms with E-state index in [9.17, 15) is 14.0 Å². The lowest BCUT2D eigenvalue weighted by Crippen LogP contribution is -2.42. The second-order valence-electron chi connectivity index (χ2n) is 10.9. The van der Waals surface area contributed by atoms with E-state index < -0.39 is 11.6 Å². The van der Waals surface area contributed by atoms with Crippen LogP contribution in [-0.4, -0.2) is 67.2 Å². The number of hydrogen-bond acceptors (Lipinski definition) is 7. The molecule has 0 bridgehead atoms. The highest BCUT2D eigenvalue weighted by molar-refractivity contribution is 7.51. The van der Waals surface area contributed by atoms with Gasteiger partial charge in [0.05, 0.1) is 0 Å². The van der Waals surface area contributed by atoms with Gasteiger partial charge in [-0.25, -0.2) is 4.39 Å². The van der Waals surface area contributed by atoms with Gasteiger partial charge in [0.25, 0.3) is 5.91 Å². The summed E-state index contributed by atoms with van der Waals surface area (Å²) in [5, 5.41) is 0. The average Bonchev–Trinajstić information content (AvgIpc) is 3.01. The van der Waals surface area contributed by atoms with Crippen LogP contribution >= 0.6 is 0 Å². The van der Waals surface area contributed by atoms with Crippen LogP contribution in [0.3, 0.4) is 0 Å². The normalized spacial score (nSPS) is 16.3. The molecule has 2 aliphatic heterocycles. The Balaban J connectivity index is 0.00000129. The summed E-state index contributed by atoms with van der Waals surface area (Å²) in [5.41, 5.74) is 3.24. The molecule has 2 aromatic carbocycles. The fraction of sp³-hybridized carbons (Fsp3) is 0.406. The molecule has 0 radical (unpaired) electrons. The molecule has 2 aliphatic rings. The van der Waals surface area contributed by atoms with Crippen LogP contribution in [0.4, 0.5) is 4.39 Å². The quantitative estimate of drug-likeness (QED) is 0.338. The number of ether oxygens (including phenoxy) is 1. The van der Waals surface area contributed by atoms with Gasteiger partial charge in [-0.1, -0.05) is 29.8 Å². The van der Waals surface area contributed by atoms with Gasteiger partial charge >= 0.3 is 11.6 Å². The zero-order valence-electron chi connectivity index (χ0n) is 23.7. The SMILES string of the molecule is Cc1ccc(OC2CCN(C(=O)c3ccc(C(=O)CC4CCN(Cc5ccc(F)cc5)CC4)cn3)CC2)cc1.O=S=O. The van der Waals surface area contributed by atoms with E-state index in [1.54, 1.807) is 18.3 Å². The zero-order chi connectivity index (χ0) is 29.9. The monoisotopic (exact) mass is 593 g/mol. The summed E-state index contributed by atoms with van der Waals surface area (Å²) < 4.78 is 35.8. The minimum Gasteiger partial charge on any atom is -0.490 e. The largest absolute Gasteiger partial charge is 0.490 e. The average molecular weight is 594 g/mol. The number of piperidine rings is 2. The number of benzene rings is 2. The molecule has 2 saturated heterocycles. The van der Waals surface area contributed by atoms with Gasteiger partial charge in [-0.15, -0.1) is 0 Å². The molecule has 0 N–H and O–H groups in total. The fourth-order valence-electron chi connectivity index (χ4n) is 5.41. The van der Waals surface area contributed by atoms with E-state index in [0.717, 1.165) is 56.6 Å². The molecule has 5 rings (SSSR count). The van der Waals surface area contributed by atoms with Crippen LogP contribution in [-0.2, 0) is 18.1 Å². The van der Waals surface area contributed by atoms with E-state index in [1.807, 2.05) is 48.2 Å². The number of carbonyl (C=O) groups is 2. The minimum atomic E-state index is -0.750. The highest BCUT2D eigenvalue weighted by Gasteiger charge is 2.26. The molecule has 3 heterocycles. The molecule has 0 aliphatic carbocycles. The maximum atomic E-state index is 13.1. The summed E-state index contributed by atoms with van der Waals surface area (Å²) in [6.07, 6.45) is 5.61. The van der Waals surface area contributed by atoms with E-state index in [4.69, 9.17) is 13.2 Å². The third kappa shape index (κ3) is 9.12. The predicted molar refractivity (Wildman–Crippen MR) is 157 cm³/mol. The lowest BCUT2D eigenvalue weighted by Gasteiger charge is -2.32. The molecular weight excluding hydrogens is 557 g/mol. The number of aryl methyl sites for hydroxylation is 1. The van der Waals surface area contributed by atoms with Crippen molar-refractivity contribution < 1.29 is 27.1 Å². The Kier molecular flexibility index (Phi) is 11.5. The standard InChI is InChI=1S/C32H36FN3O3.O2S/c1-23-2-9-28(10-3-23)39-29-14-18-36(19-15-29)32(38)30-11-6-26(21-34-30)31(37)20-24-12-16-35(17-13-24)22-25-4-7-27(33)8-5-25;1-3-2/h2-11,21,24,29H,12-20,22H2,1H3;. The molecule has 42 heavy (non-hydrogen) atoms. The molecule has 10 heteroatoms. The van der Waals surface area contributed by atoms with Gasteiger partial charge in [-0.3, -0.25) is 19.5 Å². The van der Waals surface area contributed by atoms with E-state index in [0.29, 0.717) is 36.7 Å². The van der Waals surface area contributed by atoms with Crippen LogP contribution in [0.2, 0.25) is 0 Å². The number of aromatic nitrogens is 1. The number of halogens is 1. The smallest absolute Gasteiger partial charge is 0.335 e. The molecule has 0 atom stereocenters. The predicted octanol–water partition coefficient (Wildman–Crippen LogP) is 5.03. The Bertz CT molecular complexity index is 1350. The minimum absolute atomic E-state index is 0.0764. The molecule has 0 unspecified atom stereocenters. The first-order chi connectivity index (χ1) is 20.3. The number of Topliss-reactive ketones (excluding diaryl/α,β-unsaturated/α-hetero) is 1.